The minimum atomic E-state index is -0.251. The molecule has 0 saturated carbocycles. The van der Waals surface area contributed by atoms with Crippen molar-refractivity contribution in [2.45, 2.75) is 32.2 Å². The van der Waals surface area contributed by atoms with Crippen LogP contribution in [-0.2, 0) is 0 Å². The molecule has 1 heterocycles. The van der Waals surface area contributed by atoms with Crippen molar-refractivity contribution < 1.29 is 4.79 Å². The van der Waals surface area contributed by atoms with E-state index in [0.29, 0.717) is 6.54 Å². The number of carbonyl (C=O) groups is 1. The number of nitrogens with zero attached hydrogens (tertiary/aromatic N) is 2. The van der Waals surface area contributed by atoms with Gasteiger partial charge in [-0.15, -0.1) is 0 Å². The third kappa shape index (κ3) is 3.67. The molecule has 0 aliphatic rings. The fourth-order valence-electron chi connectivity index (χ4n) is 1.27. The molecule has 0 radical (unpaired) electrons. The smallest absolute Gasteiger partial charge is 0.288 e. The highest BCUT2D eigenvalue weighted by Gasteiger charge is 2.13. The van der Waals surface area contributed by atoms with Crippen molar-refractivity contribution in [3.8, 4) is 0 Å². The molecule has 1 unspecified atom stereocenters. The maximum absolute atomic E-state index is 11.5. The van der Waals surface area contributed by atoms with Crippen molar-refractivity contribution in [1.29, 1.82) is 0 Å². The molecular formula is C9H17N5O. The summed E-state index contributed by atoms with van der Waals surface area (Å²) in [7, 11) is 0. The molecule has 84 valence electrons. The first-order valence-corrected chi connectivity index (χ1v) is 5.14. The number of H-pyrrole nitrogens is 1. The van der Waals surface area contributed by atoms with Crippen LogP contribution in [0.25, 0.3) is 0 Å². The summed E-state index contributed by atoms with van der Waals surface area (Å²) < 4.78 is 0. The topological polar surface area (TPSA) is 96.7 Å². The zero-order valence-corrected chi connectivity index (χ0v) is 8.86. The van der Waals surface area contributed by atoms with E-state index in [9.17, 15) is 4.79 Å². The van der Waals surface area contributed by atoms with Crippen LogP contribution < -0.4 is 11.1 Å². The first-order chi connectivity index (χ1) is 7.27. The highest BCUT2D eigenvalue weighted by Crippen LogP contribution is 2.00. The van der Waals surface area contributed by atoms with E-state index in [1.165, 1.54) is 6.33 Å². The van der Waals surface area contributed by atoms with Crippen molar-refractivity contribution >= 4 is 5.91 Å². The van der Waals surface area contributed by atoms with E-state index in [4.69, 9.17) is 5.73 Å². The van der Waals surface area contributed by atoms with Gasteiger partial charge in [0.1, 0.15) is 6.33 Å². The van der Waals surface area contributed by atoms with Crippen LogP contribution in [-0.4, -0.2) is 33.7 Å². The van der Waals surface area contributed by atoms with Gasteiger partial charge in [-0.2, -0.15) is 5.10 Å². The number of hydrogen-bond acceptors (Lipinski definition) is 4. The second-order valence-electron chi connectivity index (χ2n) is 3.38. The van der Waals surface area contributed by atoms with E-state index in [2.05, 4.69) is 27.4 Å². The van der Waals surface area contributed by atoms with E-state index >= 15 is 0 Å². The second-order valence-corrected chi connectivity index (χ2v) is 3.38. The Balaban J connectivity index is 2.41. The second kappa shape index (κ2) is 6.13. The maximum Gasteiger partial charge on any atom is 0.288 e. The van der Waals surface area contributed by atoms with Gasteiger partial charge in [0.05, 0.1) is 0 Å². The Morgan fingerprint density at radius 2 is 2.53 bits per heavy atom. The fourth-order valence-corrected chi connectivity index (χ4v) is 1.27. The zero-order valence-electron chi connectivity index (χ0n) is 8.86. The summed E-state index contributed by atoms with van der Waals surface area (Å²) in [6, 6.07) is 0.0162. The molecule has 1 amide bonds. The Labute approximate surface area is 88.7 Å². The Morgan fingerprint density at radius 3 is 3.07 bits per heavy atom. The molecule has 1 rings (SSSR count). The average molecular weight is 211 g/mol. The number of amides is 1. The molecule has 0 bridgehead atoms. The van der Waals surface area contributed by atoms with Crippen molar-refractivity contribution in [2.75, 3.05) is 6.54 Å². The highest BCUT2D eigenvalue weighted by molar-refractivity contribution is 5.90. The summed E-state index contributed by atoms with van der Waals surface area (Å²) in [5.41, 5.74) is 5.55. The lowest BCUT2D eigenvalue weighted by Gasteiger charge is -2.15. The molecule has 1 aromatic rings. The number of unbranched alkanes of at least 4 members (excludes halogenated alkanes) is 1. The van der Waals surface area contributed by atoms with Crippen LogP contribution >= 0.6 is 0 Å². The van der Waals surface area contributed by atoms with E-state index < -0.39 is 0 Å². The number of aromatic nitrogens is 3. The van der Waals surface area contributed by atoms with Gasteiger partial charge in [-0.1, -0.05) is 19.8 Å². The summed E-state index contributed by atoms with van der Waals surface area (Å²) >= 11 is 0. The summed E-state index contributed by atoms with van der Waals surface area (Å²) in [5.74, 6) is -0.0241. The van der Waals surface area contributed by atoms with Gasteiger partial charge in [-0.3, -0.25) is 9.89 Å². The van der Waals surface area contributed by atoms with Crippen LogP contribution in [0.3, 0.4) is 0 Å². The molecule has 6 nitrogen and oxygen atoms in total. The van der Waals surface area contributed by atoms with Crippen LogP contribution in [0, 0.1) is 0 Å². The van der Waals surface area contributed by atoms with Gasteiger partial charge in [0.15, 0.2) is 0 Å². The lowest BCUT2D eigenvalue weighted by atomic mass is 10.1. The van der Waals surface area contributed by atoms with Gasteiger partial charge in [0, 0.05) is 12.6 Å². The van der Waals surface area contributed by atoms with E-state index in [1.807, 2.05) is 0 Å². The Hall–Kier alpha value is -1.43. The number of nitrogens with two attached hydrogens (primary N) is 1. The number of rotatable bonds is 6. The molecule has 0 aliphatic carbocycles. The van der Waals surface area contributed by atoms with Crippen molar-refractivity contribution in [3.05, 3.63) is 12.2 Å². The van der Waals surface area contributed by atoms with Crippen LogP contribution in [0.4, 0.5) is 0 Å². The van der Waals surface area contributed by atoms with Gasteiger partial charge in [-0.25, -0.2) is 4.98 Å². The SMILES string of the molecule is CCCCC(CN)NC(=O)c1ncn[nH]1. The first-order valence-electron chi connectivity index (χ1n) is 5.14. The van der Waals surface area contributed by atoms with Crippen molar-refractivity contribution in [1.82, 2.24) is 20.5 Å². The minimum Gasteiger partial charge on any atom is -0.345 e. The quantitative estimate of drug-likeness (QED) is 0.619. The number of hydrogen-bond donors (Lipinski definition) is 3. The Morgan fingerprint density at radius 1 is 1.73 bits per heavy atom. The number of nitrogens with one attached hydrogen (secondary N) is 2. The predicted molar refractivity (Wildman–Crippen MR) is 56.2 cm³/mol. The largest absolute Gasteiger partial charge is 0.345 e. The number of carbonyl (C=O) groups excluding carboxylic acids is 1. The summed E-state index contributed by atoms with van der Waals surface area (Å²) in [6.45, 7) is 2.55. The van der Waals surface area contributed by atoms with E-state index in [1.54, 1.807) is 0 Å². The maximum atomic E-state index is 11.5. The van der Waals surface area contributed by atoms with Gasteiger partial charge in [0.25, 0.3) is 5.91 Å². The minimum absolute atomic E-state index is 0.0162. The molecular weight excluding hydrogens is 194 g/mol. The first kappa shape index (κ1) is 11.6. The fraction of sp³-hybridized carbons (Fsp3) is 0.667. The number of aromatic amines is 1. The highest BCUT2D eigenvalue weighted by atomic mass is 16.2. The summed E-state index contributed by atoms with van der Waals surface area (Å²) in [5, 5.41) is 8.93. The van der Waals surface area contributed by atoms with Crippen LogP contribution in [0.5, 0.6) is 0 Å². The molecule has 0 aromatic carbocycles. The average Bonchev–Trinajstić information content (AvgIpc) is 2.77. The summed E-state index contributed by atoms with van der Waals surface area (Å²) in [6.07, 6.45) is 4.35. The standard InChI is InChI=1S/C9H17N5O/c1-2-3-4-7(5-10)13-9(15)8-11-6-12-14-8/h6-7H,2-5,10H2,1H3,(H,13,15)(H,11,12,14). The molecule has 0 spiro atoms. The van der Waals surface area contributed by atoms with Gasteiger partial charge < -0.3 is 11.1 Å². The summed E-state index contributed by atoms with van der Waals surface area (Å²) in [4.78, 5) is 15.3. The molecule has 0 saturated heterocycles. The van der Waals surface area contributed by atoms with Crippen molar-refractivity contribution in [2.24, 2.45) is 5.73 Å². The predicted octanol–water partition coefficient (Wildman–Crippen LogP) is 0.0520. The van der Waals surface area contributed by atoms with Gasteiger partial charge >= 0.3 is 0 Å². The molecule has 6 heteroatoms. The molecule has 0 aliphatic heterocycles. The Bertz CT molecular complexity index is 285. The zero-order chi connectivity index (χ0) is 11.1. The molecule has 15 heavy (non-hydrogen) atoms. The van der Waals surface area contributed by atoms with Crippen LogP contribution in [0.1, 0.15) is 36.8 Å². The molecule has 1 aromatic heterocycles. The Kier molecular flexibility index (Phi) is 4.76. The van der Waals surface area contributed by atoms with E-state index in [-0.39, 0.29) is 17.8 Å². The van der Waals surface area contributed by atoms with Crippen LogP contribution in [0.2, 0.25) is 0 Å². The third-order valence-electron chi connectivity index (χ3n) is 2.16. The molecule has 1 atom stereocenters. The lowest BCUT2D eigenvalue weighted by Crippen LogP contribution is -2.40. The monoisotopic (exact) mass is 211 g/mol. The van der Waals surface area contributed by atoms with Gasteiger partial charge in [-0.05, 0) is 6.42 Å². The normalized spacial score (nSPS) is 12.4. The molecule has 0 fully saturated rings. The van der Waals surface area contributed by atoms with Crippen LogP contribution in [0.15, 0.2) is 6.33 Å². The lowest BCUT2D eigenvalue weighted by molar-refractivity contribution is 0.0925. The van der Waals surface area contributed by atoms with Gasteiger partial charge in [0.2, 0.25) is 5.82 Å². The third-order valence-corrected chi connectivity index (χ3v) is 2.16. The molecule has 4 N–H and O–H groups in total. The van der Waals surface area contributed by atoms with Crippen molar-refractivity contribution in [3.63, 3.8) is 0 Å². The van der Waals surface area contributed by atoms with E-state index in [0.717, 1.165) is 19.3 Å².